The lowest BCUT2D eigenvalue weighted by molar-refractivity contribution is -0.123. The zero-order valence-corrected chi connectivity index (χ0v) is 17.7. The highest BCUT2D eigenvalue weighted by atomic mass is 35.5. The number of anilines is 1. The molecule has 7 nitrogen and oxygen atoms in total. The lowest BCUT2D eigenvalue weighted by Crippen LogP contribution is -2.51. The monoisotopic (exact) mass is 409 g/mol. The first-order valence-corrected chi connectivity index (χ1v) is 9.73. The maximum Gasteiger partial charge on any atom is 0.410 e. The van der Waals surface area contributed by atoms with Gasteiger partial charge in [0.2, 0.25) is 5.91 Å². The van der Waals surface area contributed by atoms with E-state index >= 15 is 0 Å². The van der Waals surface area contributed by atoms with Gasteiger partial charge in [0.15, 0.2) is 0 Å². The van der Waals surface area contributed by atoms with Gasteiger partial charge in [-0.05, 0) is 58.7 Å². The molecular formula is C20H28ClN3O4. The Balaban J connectivity index is 2.08. The molecule has 0 bridgehead atoms. The van der Waals surface area contributed by atoms with Crippen molar-refractivity contribution in [1.82, 2.24) is 10.2 Å². The fourth-order valence-electron chi connectivity index (χ4n) is 3.22. The number of piperidine rings is 1. The molecule has 0 spiro atoms. The van der Waals surface area contributed by atoms with Crippen LogP contribution in [-0.4, -0.2) is 48.0 Å². The molecule has 0 radical (unpaired) electrons. The fraction of sp³-hybridized carbons (Fsp3) is 0.550. The molecule has 0 unspecified atom stereocenters. The molecule has 2 N–H and O–H groups in total. The molecule has 28 heavy (non-hydrogen) atoms. The van der Waals surface area contributed by atoms with Gasteiger partial charge in [-0.15, -0.1) is 0 Å². The second-order valence-corrected chi connectivity index (χ2v) is 8.33. The zero-order valence-electron chi connectivity index (χ0n) is 17.0. The van der Waals surface area contributed by atoms with Crippen LogP contribution in [0.3, 0.4) is 0 Å². The van der Waals surface area contributed by atoms with Crippen molar-refractivity contribution in [1.29, 1.82) is 0 Å². The minimum absolute atomic E-state index is 0.190. The number of halogens is 1. The Hall–Kier alpha value is -2.28. The highest BCUT2D eigenvalue weighted by Gasteiger charge is 2.37. The van der Waals surface area contributed by atoms with E-state index in [-0.39, 0.29) is 28.8 Å². The first-order valence-electron chi connectivity index (χ1n) is 9.35. The maximum atomic E-state index is 12.8. The molecule has 1 aliphatic rings. The molecule has 0 aliphatic carbocycles. The second-order valence-electron chi connectivity index (χ2n) is 7.93. The molecular weight excluding hydrogens is 382 g/mol. The Morgan fingerprint density at radius 2 is 1.93 bits per heavy atom. The van der Waals surface area contributed by atoms with Crippen LogP contribution < -0.4 is 10.6 Å². The van der Waals surface area contributed by atoms with Crippen LogP contribution in [0.5, 0.6) is 0 Å². The van der Waals surface area contributed by atoms with Gasteiger partial charge in [0.25, 0.3) is 5.91 Å². The van der Waals surface area contributed by atoms with Crippen molar-refractivity contribution in [3.05, 3.63) is 28.8 Å². The van der Waals surface area contributed by atoms with E-state index < -0.39 is 11.7 Å². The number of hydrogen-bond acceptors (Lipinski definition) is 4. The van der Waals surface area contributed by atoms with E-state index in [1.807, 2.05) is 27.7 Å². The third-order valence-electron chi connectivity index (χ3n) is 4.66. The lowest BCUT2D eigenvalue weighted by atomic mass is 9.89. The third-order valence-corrected chi connectivity index (χ3v) is 4.97. The van der Waals surface area contributed by atoms with Crippen LogP contribution in [0, 0.1) is 5.92 Å². The number of benzene rings is 1. The molecule has 1 aromatic rings. The molecule has 1 aliphatic heterocycles. The van der Waals surface area contributed by atoms with Crippen molar-refractivity contribution < 1.29 is 19.1 Å². The minimum atomic E-state index is -0.588. The summed E-state index contributed by atoms with van der Waals surface area (Å²) in [5.74, 6) is -0.847. The fourth-order valence-corrected chi connectivity index (χ4v) is 3.48. The van der Waals surface area contributed by atoms with E-state index in [1.54, 1.807) is 23.1 Å². The quantitative estimate of drug-likeness (QED) is 0.797. The summed E-state index contributed by atoms with van der Waals surface area (Å²) in [5.41, 5.74) is 0.253. The molecule has 8 heteroatoms. The van der Waals surface area contributed by atoms with Crippen LogP contribution in [-0.2, 0) is 9.53 Å². The van der Waals surface area contributed by atoms with E-state index in [0.29, 0.717) is 24.2 Å². The molecule has 1 fully saturated rings. The van der Waals surface area contributed by atoms with Crippen LogP contribution >= 0.6 is 11.6 Å². The molecule has 0 aromatic heterocycles. The number of amides is 3. The van der Waals surface area contributed by atoms with Gasteiger partial charge in [-0.25, -0.2) is 4.79 Å². The molecule has 154 valence electrons. The summed E-state index contributed by atoms with van der Waals surface area (Å²) in [5, 5.41) is 5.61. The van der Waals surface area contributed by atoms with Gasteiger partial charge < -0.3 is 20.3 Å². The molecule has 3 amide bonds. The van der Waals surface area contributed by atoms with Crippen LogP contribution in [0.2, 0.25) is 5.02 Å². The normalized spacial score (nSPS) is 19.7. The van der Waals surface area contributed by atoms with Gasteiger partial charge in [-0.3, -0.25) is 9.59 Å². The summed E-state index contributed by atoms with van der Waals surface area (Å²) in [4.78, 5) is 38.6. The summed E-state index contributed by atoms with van der Waals surface area (Å²) >= 11 is 6.15. The first kappa shape index (κ1) is 22.0. The average molecular weight is 410 g/mol. The topological polar surface area (TPSA) is 87.7 Å². The Morgan fingerprint density at radius 1 is 1.25 bits per heavy atom. The summed E-state index contributed by atoms with van der Waals surface area (Å²) in [6.07, 6.45) is 0.990. The number of carbonyl (C=O) groups excluding carboxylic acids is 3. The van der Waals surface area contributed by atoms with Crippen molar-refractivity contribution in [2.45, 2.75) is 52.2 Å². The number of rotatable bonds is 3. The van der Waals surface area contributed by atoms with E-state index in [9.17, 15) is 14.4 Å². The predicted octanol–water partition coefficient (Wildman–Crippen LogP) is 3.67. The number of ether oxygens (including phenoxy) is 1. The van der Waals surface area contributed by atoms with Crippen molar-refractivity contribution in [3.8, 4) is 0 Å². The van der Waals surface area contributed by atoms with Gasteiger partial charge in [0.1, 0.15) is 5.60 Å². The van der Waals surface area contributed by atoms with Crippen molar-refractivity contribution in [2.75, 3.05) is 18.9 Å². The Labute approximate surface area is 170 Å². The van der Waals surface area contributed by atoms with Crippen LogP contribution in [0.25, 0.3) is 0 Å². The summed E-state index contributed by atoms with van der Waals surface area (Å²) < 4.78 is 5.46. The van der Waals surface area contributed by atoms with E-state index in [0.717, 1.165) is 6.42 Å². The zero-order chi connectivity index (χ0) is 21.1. The summed E-state index contributed by atoms with van der Waals surface area (Å²) in [6, 6.07) is 4.45. The van der Waals surface area contributed by atoms with E-state index in [1.165, 1.54) is 7.05 Å². The van der Waals surface area contributed by atoms with Gasteiger partial charge in [0, 0.05) is 25.3 Å². The largest absolute Gasteiger partial charge is 0.444 e. The van der Waals surface area contributed by atoms with Gasteiger partial charge in [0.05, 0.1) is 16.5 Å². The van der Waals surface area contributed by atoms with Crippen LogP contribution in [0.15, 0.2) is 18.2 Å². The van der Waals surface area contributed by atoms with Crippen molar-refractivity contribution >= 4 is 35.2 Å². The number of nitrogens with zero attached hydrogens (tertiary/aromatic N) is 1. The van der Waals surface area contributed by atoms with E-state index in [4.69, 9.17) is 16.3 Å². The Kier molecular flexibility index (Phi) is 6.93. The third kappa shape index (κ3) is 5.38. The van der Waals surface area contributed by atoms with Crippen molar-refractivity contribution in [2.24, 2.45) is 5.92 Å². The smallest absolute Gasteiger partial charge is 0.410 e. The van der Waals surface area contributed by atoms with Gasteiger partial charge >= 0.3 is 6.09 Å². The molecule has 0 saturated carbocycles. The SMILES string of the molecule is CNC(=O)c1ccc(NC(=O)[C@@H]2CCCN(C(=O)OC(C)(C)C)[C@@H]2C)cc1Cl. The van der Waals surface area contributed by atoms with E-state index in [2.05, 4.69) is 10.6 Å². The highest BCUT2D eigenvalue weighted by molar-refractivity contribution is 6.34. The van der Waals surface area contributed by atoms with Gasteiger partial charge in [-0.2, -0.15) is 0 Å². The molecule has 1 heterocycles. The lowest BCUT2D eigenvalue weighted by Gasteiger charge is -2.39. The average Bonchev–Trinajstić information content (AvgIpc) is 2.59. The highest BCUT2D eigenvalue weighted by Crippen LogP contribution is 2.28. The Morgan fingerprint density at radius 3 is 2.50 bits per heavy atom. The summed E-state index contributed by atoms with van der Waals surface area (Å²) in [7, 11) is 1.52. The Bertz CT molecular complexity index is 760. The predicted molar refractivity (Wildman–Crippen MR) is 109 cm³/mol. The first-order chi connectivity index (χ1) is 13.0. The van der Waals surface area contributed by atoms with Crippen molar-refractivity contribution in [3.63, 3.8) is 0 Å². The second kappa shape index (κ2) is 8.82. The number of nitrogens with one attached hydrogen (secondary N) is 2. The standard InChI is InChI=1S/C20H28ClN3O4/c1-12-14(7-6-10-24(12)19(27)28-20(2,3)4)18(26)23-13-8-9-15(16(21)11-13)17(25)22-5/h8-9,11-12,14H,6-7,10H2,1-5H3,(H,22,25)(H,23,26)/t12-,14-/m1/s1. The molecule has 1 aromatic carbocycles. The number of likely N-dealkylation sites (tertiary alicyclic amines) is 1. The maximum absolute atomic E-state index is 12.8. The molecule has 2 rings (SSSR count). The number of carbonyl (C=O) groups is 3. The molecule has 2 atom stereocenters. The molecule has 1 saturated heterocycles. The van der Waals surface area contributed by atoms with Crippen LogP contribution in [0.4, 0.5) is 10.5 Å². The van der Waals surface area contributed by atoms with Crippen LogP contribution in [0.1, 0.15) is 50.9 Å². The summed E-state index contributed by atoms with van der Waals surface area (Å²) in [6.45, 7) is 7.86. The van der Waals surface area contributed by atoms with Gasteiger partial charge in [-0.1, -0.05) is 11.6 Å². The number of hydrogen-bond donors (Lipinski definition) is 2. The minimum Gasteiger partial charge on any atom is -0.444 e.